The Morgan fingerprint density at radius 1 is 1.36 bits per heavy atom. The first kappa shape index (κ1) is 18.2. The van der Waals surface area contributed by atoms with Gasteiger partial charge < -0.3 is 14.7 Å². The molecular formula is C20H23N5O3. The molecule has 0 aliphatic carbocycles. The molecule has 0 radical (unpaired) electrons. The van der Waals surface area contributed by atoms with E-state index in [1.807, 2.05) is 18.2 Å². The molecule has 4 rings (SSSR count). The van der Waals surface area contributed by atoms with E-state index in [0.717, 1.165) is 48.4 Å². The number of anilines is 1. The van der Waals surface area contributed by atoms with E-state index in [1.54, 1.807) is 11.8 Å². The molecule has 3 aromatic rings. The maximum atomic E-state index is 11.0. The predicted octanol–water partition coefficient (Wildman–Crippen LogP) is 2.76. The molecule has 0 saturated carbocycles. The number of methoxy groups -OCH3 is 1. The number of rotatable bonds is 5. The highest BCUT2D eigenvalue weighted by Gasteiger charge is 2.23. The van der Waals surface area contributed by atoms with Gasteiger partial charge >= 0.3 is 5.97 Å². The van der Waals surface area contributed by atoms with E-state index in [2.05, 4.69) is 28.2 Å². The van der Waals surface area contributed by atoms with Gasteiger partial charge in [-0.05, 0) is 49.4 Å². The summed E-state index contributed by atoms with van der Waals surface area (Å²) >= 11 is 0. The lowest BCUT2D eigenvalue weighted by Crippen LogP contribution is -2.37. The molecule has 0 unspecified atom stereocenters. The van der Waals surface area contributed by atoms with Crippen molar-refractivity contribution in [2.24, 2.45) is 5.92 Å². The van der Waals surface area contributed by atoms with Gasteiger partial charge in [0.1, 0.15) is 11.6 Å². The molecule has 146 valence electrons. The Balaban J connectivity index is 1.54. The number of pyridine rings is 1. The minimum atomic E-state index is -1.05. The van der Waals surface area contributed by atoms with E-state index in [1.165, 1.54) is 11.8 Å². The molecule has 0 amide bonds. The summed E-state index contributed by atoms with van der Waals surface area (Å²) in [5.41, 5.74) is 2.10. The van der Waals surface area contributed by atoms with Crippen molar-refractivity contribution in [2.75, 3.05) is 25.1 Å². The molecule has 8 nitrogen and oxygen atoms in total. The maximum absolute atomic E-state index is 11.0. The van der Waals surface area contributed by atoms with Gasteiger partial charge in [-0.3, -0.25) is 4.68 Å². The fourth-order valence-corrected chi connectivity index (χ4v) is 3.83. The normalized spacial score (nSPS) is 17.1. The summed E-state index contributed by atoms with van der Waals surface area (Å²) in [4.78, 5) is 18.2. The quantitative estimate of drug-likeness (QED) is 0.726. The van der Waals surface area contributed by atoms with Crippen molar-refractivity contribution in [2.45, 2.75) is 26.3 Å². The molecule has 28 heavy (non-hydrogen) atoms. The van der Waals surface area contributed by atoms with Crippen LogP contribution in [0.1, 0.15) is 28.9 Å². The summed E-state index contributed by atoms with van der Waals surface area (Å²) in [6, 6.07) is 8.10. The van der Waals surface area contributed by atoms with E-state index >= 15 is 0 Å². The largest absolute Gasteiger partial charge is 0.497 e. The first-order valence-corrected chi connectivity index (χ1v) is 9.37. The van der Waals surface area contributed by atoms with E-state index in [-0.39, 0.29) is 5.69 Å². The highest BCUT2D eigenvalue weighted by Crippen LogP contribution is 2.28. The van der Waals surface area contributed by atoms with Crippen LogP contribution in [0.2, 0.25) is 0 Å². The fourth-order valence-electron chi connectivity index (χ4n) is 3.83. The Morgan fingerprint density at radius 2 is 2.21 bits per heavy atom. The van der Waals surface area contributed by atoms with Gasteiger partial charge in [-0.2, -0.15) is 0 Å². The number of carboxylic acid groups (broad SMARTS) is 1. The van der Waals surface area contributed by atoms with Crippen molar-refractivity contribution in [1.82, 2.24) is 20.0 Å². The molecule has 1 atom stereocenters. The van der Waals surface area contributed by atoms with Crippen LogP contribution in [-0.2, 0) is 6.54 Å². The molecule has 8 heteroatoms. The van der Waals surface area contributed by atoms with Crippen LogP contribution in [0.5, 0.6) is 5.75 Å². The number of carboxylic acids is 1. The molecule has 2 aromatic heterocycles. The second-order valence-corrected chi connectivity index (χ2v) is 7.27. The number of piperidine rings is 1. The minimum Gasteiger partial charge on any atom is -0.497 e. The first-order chi connectivity index (χ1) is 13.5. The van der Waals surface area contributed by atoms with E-state index in [0.29, 0.717) is 12.5 Å². The molecule has 1 aromatic carbocycles. The van der Waals surface area contributed by atoms with Crippen LogP contribution < -0.4 is 9.64 Å². The number of aromatic nitrogens is 4. The van der Waals surface area contributed by atoms with Crippen LogP contribution >= 0.6 is 0 Å². The Hall–Kier alpha value is -3.16. The van der Waals surface area contributed by atoms with Gasteiger partial charge in [0.2, 0.25) is 0 Å². The molecular weight excluding hydrogens is 358 g/mol. The number of hydrogen-bond donors (Lipinski definition) is 1. The lowest BCUT2D eigenvalue weighted by atomic mass is 9.98. The van der Waals surface area contributed by atoms with Gasteiger partial charge in [0.25, 0.3) is 0 Å². The van der Waals surface area contributed by atoms with Crippen molar-refractivity contribution in [1.29, 1.82) is 0 Å². The Kier molecular flexibility index (Phi) is 4.85. The highest BCUT2D eigenvalue weighted by atomic mass is 16.5. The van der Waals surface area contributed by atoms with Gasteiger partial charge in [-0.25, -0.2) is 9.78 Å². The standard InChI is InChI=1S/C20H23N5O3/c1-13-8-19(21-17-9-15(28-2)5-6-16(13)17)24-7-3-4-14(10-24)11-25-12-18(20(26)27)22-23-25/h5-6,8-9,12,14H,3-4,7,10-11H2,1-2H3,(H,26,27)/t14-/m0/s1. The number of carbonyl (C=O) groups is 1. The number of ether oxygens (including phenoxy) is 1. The van der Waals surface area contributed by atoms with E-state index in [4.69, 9.17) is 14.8 Å². The van der Waals surface area contributed by atoms with Gasteiger partial charge in [0.15, 0.2) is 5.69 Å². The van der Waals surface area contributed by atoms with Crippen molar-refractivity contribution in [3.8, 4) is 5.75 Å². The van der Waals surface area contributed by atoms with E-state index < -0.39 is 5.97 Å². The number of aromatic carboxylic acids is 1. The third-order valence-electron chi connectivity index (χ3n) is 5.26. The molecule has 0 bridgehead atoms. The third kappa shape index (κ3) is 3.62. The Morgan fingerprint density at radius 3 is 2.96 bits per heavy atom. The second-order valence-electron chi connectivity index (χ2n) is 7.27. The lowest BCUT2D eigenvalue weighted by Gasteiger charge is -2.33. The molecule has 1 saturated heterocycles. The van der Waals surface area contributed by atoms with Gasteiger partial charge in [-0.1, -0.05) is 5.21 Å². The number of benzene rings is 1. The SMILES string of the molecule is COc1ccc2c(C)cc(N3CCC[C@H](Cn4cc(C(=O)O)nn4)C3)nc2c1. The molecule has 0 spiro atoms. The van der Waals surface area contributed by atoms with Gasteiger partial charge in [0, 0.05) is 31.1 Å². The molecule has 1 aliphatic heterocycles. The average Bonchev–Trinajstić information content (AvgIpc) is 3.16. The lowest BCUT2D eigenvalue weighted by molar-refractivity contribution is 0.0690. The Labute approximate surface area is 162 Å². The summed E-state index contributed by atoms with van der Waals surface area (Å²) in [6.45, 7) is 4.56. The van der Waals surface area contributed by atoms with Crippen LogP contribution in [0.4, 0.5) is 5.82 Å². The highest BCUT2D eigenvalue weighted by molar-refractivity contribution is 5.85. The zero-order valence-electron chi connectivity index (χ0n) is 16.0. The molecule has 1 N–H and O–H groups in total. The van der Waals surface area contributed by atoms with Crippen LogP contribution in [-0.4, -0.2) is 51.3 Å². The average molecular weight is 381 g/mol. The number of nitrogens with zero attached hydrogens (tertiary/aromatic N) is 5. The van der Waals surface area contributed by atoms with Crippen LogP contribution in [0.25, 0.3) is 10.9 Å². The second kappa shape index (κ2) is 7.46. The summed E-state index contributed by atoms with van der Waals surface area (Å²) in [6.07, 6.45) is 3.62. The minimum absolute atomic E-state index is 0.0200. The van der Waals surface area contributed by atoms with Crippen LogP contribution in [0.3, 0.4) is 0 Å². The molecule has 1 fully saturated rings. The summed E-state index contributed by atoms with van der Waals surface area (Å²) in [7, 11) is 1.66. The predicted molar refractivity (Wildman–Crippen MR) is 105 cm³/mol. The zero-order chi connectivity index (χ0) is 19.7. The van der Waals surface area contributed by atoms with Gasteiger partial charge in [0.05, 0.1) is 18.8 Å². The first-order valence-electron chi connectivity index (χ1n) is 9.37. The van der Waals surface area contributed by atoms with Crippen LogP contribution in [0, 0.1) is 12.8 Å². The monoisotopic (exact) mass is 381 g/mol. The zero-order valence-corrected chi connectivity index (χ0v) is 16.0. The van der Waals surface area contributed by atoms with Crippen molar-refractivity contribution >= 4 is 22.7 Å². The van der Waals surface area contributed by atoms with Crippen molar-refractivity contribution in [3.63, 3.8) is 0 Å². The summed E-state index contributed by atoms with van der Waals surface area (Å²) in [5, 5.41) is 17.8. The number of hydrogen-bond acceptors (Lipinski definition) is 6. The Bertz CT molecular complexity index is 1020. The third-order valence-corrected chi connectivity index (χ3v) is 5.26. The molecule has 3 heterocycles. The topological polar surface area (TPSA) is 93.4 Å². The smallest absolute Gasteiger partial charge is 0.358 e. The fraction of sp³-hybridized carbons (Fsp3) is 0.400. The van der Waals surface area contributed by atoms with Crippen LogP contribution in [0.15, 0.2) is 30.5 Å². The molecule has 1 aliphatic rings. The van der Waals surface area contributed by atoms with Crippen molar-refractivity contribution in [3.05, 3.63) is 41.7 Å². The van der Waals surface area contributed by atoms with Crippen molar-refractivity contribution < 1.29 is 14.6 Å². The number of fused-ring (bicyclic) bond motifs is 1. The summed E-state index contributed by atoms with van der Waals surface area (Å²) in [5.74, 6) is 1.07. The van der Waals surface area contributed by atoms with Gasteiger partial charge in [-0.15, -0.1) is 5.10 Å². The van der Waals surface area contributed by atoms with E-state index in [9.17, 15) is 4.79 Å². The summed E-state index contributed by atoms with van der Waals surface area (Å²) < 4.78 is 6.97. The number of aryl methyl sites for hydroxylation is 1. The maximum Gasteiger partial charge on any atom is 0.358 e.